The molecule has 1 heterocycles. The first-order chi connectivity index (χ1) is 8.61. The number of hydrogen-bond acceptors (Lipinski definition) is 2. The standard InChI is InChI=1S/C15H22N2O/c1-4-16-9-10-17(11-15(16)18)14-7-5-13(6-8-14)12(2)3/h5-8,12H,4,9-11H2,1-3H3. The third-order valence-electron chi connectivity index (χ3n) is 3.63. The van der Waals surface area contributed by atoms with Crippen LogP contribution in [-0.2, 0) is 4.79 Å². The van der Waals surface area contributed by atoms with Crippen molar-refractivity contribution in [1.29, 1.82) is 0 Å². The highest BCUT2D eigenvalue weighted by atomic mass is 16.2. The Labute approximate surface area is 109 Å². The number of benzene rings is 1. The Morgan fingerprint density at radius 2 is 1.83 bits per heavy atom. The molecule has 1 aromatic rings. The van der Waals surface area contributed by atoms with Gasteiger partial charge in [0.25, 0.3) is 0 Å². The van der Waals surface area contributed by atoms with E-state index in [1.165, 1.54) is 5.56 Å². The van der Waals surface area contributed by atoms with Gasteiger partial charge in [0.15, 0.2) is 0 Å². The van der Waals surface area contributed by atoms with E-state index in [9.17, 15) is 4.79 Å². The first-order valence-electron chi connectivity index (χ1n) is 6.74. The van der Waals surface area contributed by atoms with Crippen molar-refractivity contribution in [3.8, 4) is 0 Å². The monoisotopic (exact) mass is 246 g/mol. The molecular formula is C15H22N2O. The van der Waals surface area contributed by atoms with Gasteiger partial charge in [0, 0.05) is 25.3 Å². The lowest BCUT2D eigenvalue weighted by atomic mass is 10.0. The van der Waals surface area contributed by atoms with Gasteiger partial charge in [0.2, 0.25) is 5.91 Å². The predicted octanol–water partition coefficient (Wildman–Crippen LogP) is 2.48. The fraction of sp³-hybridized carbons (Fsp3) is 0.533. The number of piperazine rings is 1. The molecule has 0 bridgehead atoms. The summed E-state index contributed by atoms with van der Waals surface area (Å²) >= 11 is 0. The van der Waals surface area contributed by atoms with Crippen molar-refractivity contribution in [2.24, 2.45) is 0 Å². The summed E-state index contributed by atoms with van der Waals surface area (Å²) in [7, 11) is 0. The van der Waals surface area contributed by atoms with E-state index < -0.39 is 0 Å². The maximum Gasteiger partial charge on any atom is 0.242 e. The molecule has 0 aliphatic carbocycles. The summed E-state index contributed by atoms with van der Waals surface area (Å²) in [5.74, 6) is 0.786. The molecule has 0 spiro atoms. The fourth-order valence-corrected chi connectivity index (χ4v) is 2.33. The molecule has 2 rings (SSSR count). The third kappa shape index (κ3) is 2.66. The van der Waals surface area contributed by atoms with E-state index in [0.29, 0.717) is 12.5 Å². The van der Waals surface area contributed by atoms with Crippen molar-refractivity contribution < 1.29 is 4.79 Å². The summed E-state index contributed by atoms with van der Waals surface area (Å²) in [4.78, 5) is 15.9. The molecule has 1 aliphatic heterocycles. The Kier molecular flexibility index (Phi) is 3.90. The molecular weight excluding hydrogens is 224 g/mol. The number of carbonyl (C=O) groups excluding carboxylic acids is 1. The molecule has 1 amide bonds. The molecule has 3 nitrogen and oxygen atoms in total. The molecule has 0 aromatic heterocycles. The van der Waals surface area contributed by atoms with Gasteiger partial charge in [-0.15, -0.1) is 0 Å². The van der Waals surface area contributed by atoms with Crippen molar-refractivity contribution in [2.45, 2.75) is 26.7 Å². The first kappa shape index (κ1) is 12.9. The first-order valence-corrected chi connectivity index (χ1v) is 6.74. The van der Waals surface area contributed by atoms with Crippen LogP contribution >= 0.6 is 0 Å². The highest BCUT2D eigenvalue weighted by Crippen LogP contribution is 2.21. The second-order valence-corrected chi connectivity index (χ2v) is 5.14. The molecule has 0 radical (unpaired) electrons. The van der Waals surface area contributed by atoms with Gasteiger partial charge < -0.3 is 9.80 Å². The lowest BCUT2D eigenvalue weighted by molar-refractivity contribution is -0.130. The molecule has 0 atom stereocenters. The van der Waals surface area contributed by atoms with Gasteiger partial charge in [-0.1, -0.05) is 26.0 Å². The Balaban J connectivity index is 2.06. The molecule has 0 saturated carbocycles. The van der Waals surface area contributed by atoms with Crippen LogP contribution in [0.15, 0.2) is 24.3 Å². The summed E-state index contributed by atoms with van der Waals surface area (Å²) < 4.78 is 0. The quantitative estimate of drug-likeness (QED) is 0.818. The van der Waals surface area contributed by atoms with Crippen LogP contribution in [0.1, 0.15) is 32.3 Å². The average Bonchev–Trinajstić information content (AvgIpc) is 2.38. The van der Waals surface area contributed by atoms with Crippen LogP contribution < -0.4 is 4.90 Å². The normalized spacial score (nSPS) is 16.6. The predicted molar refractivity (Wildman–Crippen MR) is 75.0 cm³/mol. The minimum Gasteiger partial charge on any atom is -0.360 e. The van der Waals surface area contributed by atoms with Crippen LogP contribution in [0.4, 0.5) is 5.69 Å². The van der Waals surface area contributed by atoms with Gasteiger partial charge in [-0.3, -0.25) is 4.79 Å². The second-order valence-electron chi connectivity index (χ2n) is 5.14. The van der Waals surface area contributed by atoms with Crippen LogP contribution in [0, 0.1) is 0 Å². The maximum atomic E-state index is 11.9. The van der Waals surface area contributed by atoms with Crippen LogP contribution in [0.3, 0.4) is 0 Å². The number of nitrogens with zero attached hydrogens (tertiary/aromatic N) is 2. The molecule has 1 aliphatic rings. The Morgan fingerprint density at radius 1 is 1.17 bits per heavy atom. The largest absolute Gasteiger partial charge is 0.360 e. The number of amides is 1. The van der Waals surface area contributed by atoms with Gasteiger partial charge in [-0.2, -0.15) is 0 Å². The zero-order valence-electron chi connectivity index (χ0n) is 11.5. The van der Waals surface area contributed by atoms with Gasteiger partial charge >= 0.3 is 0 Å². The van der Waals surface area contributed by atoms with Crippen molar-refractivity contribution >= 4 is 11.6 Å². The average molecular weight is 246 g/mol. The van der Waals surface area contributed by atoms with Crippen molar-refractivity contribution in [3.63, 3.8) is 0 Å². The Morgan fingerprint density at radius 3 is 2.33 bits per heavy atom. The molecule has 98 valence electrons. The minimum atomic E-state index is 0.233. The van der Waals surface area contributed by atoms with Gasteiger partial charge in [0.05, 0.1) is 6.54 Å². The van der Waals surface area contributed by atoms with Crippen LogP contribution in [0.2, 0.25) is 0 Å². The van der Waals surface area contributed by atoms with Crippen molar-refractivity contribution in [2.75, 3.05) is 31.1 Å². The third-order valence-corrected chi connectivity index (χ3v) is 3.63. The van der Waals surface area contributed by atoms with Crippen LogP contribution in [0.25, 0.3) is 0 Å². The summed E-state index contributed by atoms with van der Waals surface area (Å²) in [6, 6.07) is 8.59. The zero-order chi connectivity index (χ0) is 13.1. The molecule has 0 N–H and O–H groups in total. The number of hydrogen-bond donors (Lipinski definition) is 0. The smallest absolute Gasteiger partial charge is 0.242 e. The van der Waals surface area contributed by atoms with E-state index in [-0.39, 0.29) is 5.91 Å². The Bertz CT molecular complexity index is 411. The maximum absolute atomic E-state index is 11.9. The van der Waals surface area contributed by atoms with Crippen LogP contribution in [-0.4, -0.2) is 37.0 Å². The number of rotatable bonds is 3. The van der Waals surface area contributed by atoms with Gasteiger partial charge in [0.1, 0.15) is 0 Å². The number of anilines is 1. The summed E-state index contributed by atoms with van der Waals surface area (Å²) in [6.45, 7) is 9.51. The van der Waals surface area contributed by atoms with Gasteiger partial charge in [-0.05, 0) is 30.5 Å². The number of likely N-dealkylation sites (N-methyl/N-ethyl adjacent to an activating group) is 1. The minimum absolute atomic E-state index is 0.233. The SMILES string of the molecule is CCN1CCN(c2ccc(C(C)C)cc2)CC1=O. The summed E-state index contributed by atoms with van der Waals surface area (Å²) in [5, 5.41) is 0. The topological polar surface area (TPSA) is 23.6 Å². The zero-order valence-corrected chi connectivity index (χ0v) is 11.5. The number of carbonyl (C=O) groups is 1. The van der Waals surface area contributed by atoms with Crippen molar-refractivity contribution in [3.05, 3.63) is 29.8 Å². The second kappa shape index (κ2) is 5.42. The lowest BCUT2D eigenvalue weighted by Gasteiger charge is -2.35. The molecule has 1 fully saturated rings. The molecule has 0 unspecified atom stereocenters. The van der Waals surface area contributed by atoms with E-state index in [2.05, 4.69) is 43.0 Å². The van der Waals surface area contributed by atoms with Crippen molar-refractivity contribution in [1.82, 2.24) is 4.90 Å². The lowest BCUT2D eigenvalue weighted by Crippen LogP contribution is -2.50. The molecule has 1 aromatic carbocycles. The van der Waals surface area contributed by atoms with Crippen LogP contribution in [0.5, 0.6) is 0 Å². The summed E-state index contributed by atoms with van der Waals surface area (Å²) in [6.07, 6.45) is 0. The highest BCUT2D eigenvalue weighted by molar-refractivity contribution is 5.82. The molecule has 1 saturated heterocycles. The molecule has 3 heteroatoms. The van der Waals surface area contributed by atoms with E-state index in [0.717, 1.165) is 25.3 Å². The van der Waals surface area contributed by atoms with Gasteiger partial charge in [-0.25, -0.2) is 0 Å². The Hall–Kier alpha value is -1.51. The molecule has 18 heavy (non-hydrogen) atoms. The van der Waals surface area contributed by atoms with E-state index >= 15 is 0 Å². The van der Waals surface area contributed by atoms with E-state index in [4.69, 9.17) is 0 Å². The summed E-state index contributed by atoms with van der Waals surface area (Å²) in [5.41, 5.74) is 2.50. The van der Waals surface area contributed by atoms with E-state index in [1.54, 1.807) is 0 Å². The fourth-order valence-electron chi connectivity index (χ4n) is 2.33. The highest BCUT2D eigenvalue weighted by Gasteiger charge is 2.22. The van der Waals surface area contributed by atoms with E-state index in [1.807, 2.05) is 11.8 Å².